The average molecular weight is 272 g/mol. The van der Waals surface area contributed by atoms with Gasteiger partial charge in [-0.3, -0.25) is 0 Å². The molecule has 0 saturated carbocycles. The zero-order valence-corrected chi connectivity index (χ0v) is 11.4. The van der Waals surface area contributed by atoms with Crippen molar-refractivity contribution >= 4 is 11.6 Å². The number of aliphatic hydroxyl groups is 1. The van der Waals surface area contributed by atoms with Crippen LogP contribution in [0.1, 0.15) is 24.8 Å². The highest BCUT2D eigenvalue weighted by molar-refractivity contribution is 6.30. The van der Waals surface area contributed by atoms with Crippen LogP contribution < -0.4 is 0 Å². The first-order valence-corrected chi connectivity index (χ1v) is 6.71. The molecule has 0 aliphatic carbocycles. The van der Waals surface area contributed by atoms with Gasteiger partial charge in [-0.1, -0.05) is 11.6 Å². The molecule has 0 spiro atoms. The van der Waals surface area contributed by atoms with Crippen LogP contribution in [0.25, 0.3) is 0 Å². The number of likely N-dealkylation sites (tertiary alicyclic amines) is 1. The largest absolute Gasteiger partial charge is 0.389 e. The Morgan fingerprint density at radius 3 is 2.94 bits per heavy atom. The van der Waals surface area contributed by atoms with E-state index in [1.54, 1.807) is 6.07 Å². The fourth-order valence-corrected chi connectivity index (χ4v) is 2.72. The van der Waals surface area contributed by atoms with Crippen molar-refractivity contribution in [3.8, 4) is 0 Å². The van der Waals surface area contributed by atoms with Crippen LogP contribution in [0, 0.1) is 5.82 Å². The summed E-state index contributed by atoms with van der Waals surface area (Å²) < 4.78 is 13.7. The molecular formula is C14H19ClFNO. The Morgan fingerprint density at radius 2 is 2.17 bits per heavy atom. The van der Waals surface area contributed by atoms with Gasteiger partial charge >= 0.3 is 0 Å². The molecule has 2 nitrogen and oxygen atoms in total. The summed E-state index contributed by atoms with van der Waals surface area (Å²) in [5, 5.41) is 11.1. The molecule has 1 heterocycles. The van der Waals surface area contributed by atoms with Crippen molar-refractivity contribution in [2.45, 2.75) is 31.3 Å². The van der Waals surface area contributed by atoms with Crippen molar-refractivity contribution in [3.63, 3.8) is 0 Å². The molecule has 0 bridgehead atoms. The van der Waals surface area contributed by atoms with E-state index in [-0.39, 0.29) is 5.82 Å². The van der Waals surface area contributed by atoms with Crippen LogP contribution >= 0.6 is 11.6 Å². The number of nitrogens with zero attached hydrogens (tertiary/aromatic N) is 1. The minimum Gasteiger partial charge on any atom is -0.389 e. The third kappa shape index (κ3) is 3.44. The average Bonchev–Trinajstić information content (AvgIpc) is 2.47. The third-order valence-corrected chi connectivity index (χ3v) is 3.90. The monoisotopic (exact) mass is 271 g/mol. The van der Waals surface area contributed by atoms with E-state index < -0.39 is 5.60 Å². The zero-order chi connectivity index (χ0) is 13.2. The number of hydrogen-bond acceptors (Lipinski definition) is 2. The molecule has 1 fully saturated rings. The lowest BCUT2D eigenvalue weighted by Crippen LogP contribution is -2.33. The molecule has 1 aromatic rings. The number of halogens is 2. The first-order chi connectivity index (χ1) is 8.48. The maximum Gasteiger partial charge on any atom is 0.126 e. The minimum absolute atomic E-state index is 0.287. The van der Waals surface area contributed by atoms with Gasteiger partial charge in [0.15, 0.2) is 0 Å². The first kappa shape index (κ1) is 13.8. The molecule has 1 atom stereocenters. The number of hydrogen-bond donors (Lipinski definition) is 1. The second-order valence-electron chi connectivity index (χ2n) is 5.29. The summed E-state index contributed by atoms with van der Waals surface area (Å²) in [7, 11) is 2.05. The van der Waals surface area contributed by atoms with Gasteiger partial charge in [0.25, 0.3) is 0 Å². The van der Waals surface area contributed by atoms with Gasteiger partial charge in [0.2, 0.25) is 0 Å². The molecule has 100 valence electrons. The third-order valence-electron chi connectivity index (χ3n) is 3.67. The van der Waals surface area contributed by atoms with Gasteiger partial charge in [-0.05, 0) is 56.6 Å². The number of rotatable bonds is 2. The van der Waals surface area contributed by atoms with Crippen molar-refractivity contribution in [2.75, 3.05) is 20.1 Å². The summed E-state index contributed by atoms with van der Waals surface area (Å²) in [6, 6.07) is 4.51. The van der Waals surface area contributed by atoms with E-state index in [2.05, 4.69) is 4.90 Å². The molecular weight excluding hydrogens is 253 g/mol. The Morgan fingerprint density at radius 1 is 1.39 bits per heavy atom. The predicted octanol–water partition coefficient (Wildman–Crippen LogP) is 2.87. The van der Waals surface area contributed by atoms with Crippen LogP contribution in [-0.2, 0) is 6.42 Å². The second-order valence-corrected chi connectivity index (χ2v) is 5.73. The Kier molecular flexibility index (Phi) is 4.25. The van der Waals surface area contributed by atoms with Crippen LogP contribution in [-0.4, -0.2) is 35.7 Å². The lowest BCUT2D eigenvalue weighted by molar-refractivity contribution is 0.0255. The van der Waals surface area contributed by atoms with E-state index in [4.69, 9.17) is 11.6 Å². The van der Waals surface area contributed by atoms with Crippen LogP contribution in [0.15, 0.2) is 18.2 Å². The van der Waals surface area contributed by atoms with E-state index in [1.807, 2.05) is 7.05 Å². The van der Waals surface area contributed by atoms with Crippen LogP contribution in [0.2, 0.25) is 5.02 Å². The highest BCUT2D eigenvalue weighted by Gasteiger charge is 2.30. The standard InChI is InChI=1S/C14H19ClFNO/c1-17-7-2-5-14(18,6-8-17)10-11-9-12(15)3-4-13(11)16/h3-4,9,18H,2,5-8,10H2,1H3. The van der Waals surface area contributed by atoms with Gasteiger partial charge in [0.05, 0.1) is 5.60 Å². The molecule has 1 saturated heterocycles. The van der Waals surface area contributed by atoms with Crippen molar-refractivity contribution in [3.05, 3.63) is 34.6 Å². The van der Waals surface area contributed by atoms with Gasteiger partial charge in [-0.15, -0.1) is 0 Å². The fraction of sp³-hybridized carbons (Fsp3) is 0.571. The van der Waals surface area contributed by atoms with Crippen LogP contribution in [0.5, 0.6) is 0 Å². The van der Waals surface area contributed by atoms with Gasteiger partial charge in [-0.2, -0.15) is 0 Å². The summed E-state index contributed by atoms with van der Waals surface area (Å²) in [5.41, 5.74) is -0.300. The van der Waals surface area contributed by atoms with Gasteiger partial charge in [-0.25, -0.2) is 4.39 Å². The summed E-state index contributed by atoms with van der Waals surface area (Å²) in [6.07, 6.45) is 2.67. The van der Waals surface area contributed by atoms with E-state index >= 15 is 0 Å². The zero-order valence-electron chi connectivity index (χ0n) is 10.6. The maximum absolute atomic E-state index is 13.7. The molecule has 1 aliphatic rings. The second kappa shape index (κ2) is 5.55. The molecule has 18 heavy (non-hydrogen) atoms. The number of benzene rings is 1. The van der Waals surface area contributed by atoms with Gasteiger partial charge in [0.1, 0.15) is 5.82 Å². The molecule has 2 rings (SSSR count). The highest BCUT2D eigenvalue weighted by atomic mass is 35.5. The Hall–Kier alpha value is -0.640. The van der Waals surface area contributed by atoms with Crippen LogP contribution in [0.3, 0.4) is 0 Å². The lowest BCUT2D eigenvalue weighted by atomic mass is 9.87. The summed E-state index contributed by atoms with van der Waals surface area (Å²) >= 11 is 5.88. The Balaban J connectivity index is 2.13. The quantitative estimate of drug-likeness (QED) is 0.894. The van der Waals surface area contributed by atoms with Gasteiger partial charge in [0, 0.05) is 18.0 Å². The molecule has 1 aromatic carbocycles. The molecule has 0 radical (unpaired) electrons. The van der Waals surface area contributed by atoms with E-state index in [0.29, 0.717) is 29.8 Å². The predicted molar refractivity (Wildman–Crippen MR) is 71.4 cm³/mol. The Bertz CT molecular complexity index is 426. The molecule has 0 amide bonds. The Labute approximate surface area is 112 Å². The van der Waals surface area contributed by atoms with E-state index in [0.717, 1.165) is 19.5 Å². The molecule has 1 N–H and O–H groups in total. The van der Waals surface area contributed by atoms with Crippen molar-refractivity contribution in [1.82, 2.24) is 4.90 Å². The highest BCUT2D eigenvalue weighted by Crippen LogP contribution is 2.28. The topological polar surface area (TPSA) is 23.5 Å². The minimum atomic E-state index is -0.809. The molecule has 1 unspecified atom stereocenters. The van der Waals surface area contributed by atoms with E-state index in [1.165, 1.54) is 12.1 Å². The smallest absolute Gasteiger partial charge is 0.126 e. The summed E-state index contributed by atoms with van der Waals surface area (Å²) in [4.78, 5) is 2.20. The molecule has 0 aromatic heterocycles. The van der Waals surface area contributed by atoms with Crippen molar-refractivity contribution in [2.24, 2.45) is 0 Å². The molecule has 4 heteroatoms. The van der Waals surface area contributed by atoms with Crippen molar-refractivity contribution < 1.29 is 9.50 Å². The van der Waals surface area contributed by atoms with Crippen LogP contribution in [0.4, 0.5) is 4.39 Å². The summed E-state index contributed by atoms with van der Waals surface area (Å²) in [6.45, 7) is 1.83. The van der Waals surface area contributed by atoms with E-state index in [9.17, 15) is 9.50 Å². The first-order valence-electron chi connectivity index (χ1n) is 6.33. The lowest BCUT2D eigenvalue weighted by Gasteiger charge is -2.27. The SMILES string of the molecule is CN1CCCC(O)(Cc2cc(Cl)ccc2F)CC1. The fourth-order valence-electron chi connectivity index (χ4n) is 2.52. The van der Waals surface area contributed by atoms with Crippen molar-refractivity contribution in [1.29, 1.82) is 0 Å². The maximum atomic E-state index is 13.7. The summed E-state index contributed by atoms with van der Waals surface area (Å²) in [5.74, 6) is -0.287. The van der Waals surface area contributed by atoms with Gasteiger partial charge < -0.3 is 10.0 Å². The normalized spacial score (nSPS) is 26.0. The molecule has 1 aliphatic heterocycles.